The van der Waals surface area contributed by atoms with E-state index in [9.17, 15) is 0 Å². The van der Waals surface area contributed by atoms with Gasteiger partial charge in [-0.25, -0.2) is 4.98 Å². The number of methoxy groups -OCH3 is 1. The molecule has 0 bridgehead atoms. The van der Waals surface area contributed by atoms with Crippen molar-refractivity contribution in [1.29, 1.82) is 0 Å². The Balaban J connectivity index is 2.02. The molecule has 1 heterocycles. The molecule has 0 amide bonds. The second-order valence-electron chi connectivity index (χ2n) is 4.51. The smallest absolute Gasteiger partial charge is 0.130 e. The maximum absolute atomic E-state index is 5.45. The van der Waals surface area contributed by atoms with Crippen LogP contribution in [0, 0.1) is 0 Å². The first kappa shape index (κ1) is 12.4. The molecule has 98 valence electrons. The van der Waals surface area contributed by atoms with Crippen molar-refractivity contribution in [3.05, 3.63) is 71.9 Å². The van der Waals surface area contributed by atoms with Gasteiger partial charge < -0.3 is 4.74 Å². The van der Waals surface area contributed by atoms with Crippen LogP contribution in [0.5, 0.6) is 5.75 Å². The Hall–Kier alpha value is -2.61. The number of fused-ring (bicyclic) bond motifs is 1. The van der Waals surface area contributed by atoms with Crippen LogP contribution in [0.25, 0.3) is 23.1 Å². The van der Waals surface area contributed by atoms with E-state index in [1.807, 2.05) is 54.6 Å². The summed E-state index contributed by atoms with van der Waals surface area (Å²) < 4.78 is 5.45. The van der Waals surface area contributed by atoms with Gasteiger partial charge >= 0.3 is 0 Å². The second kappa shape index (κ2) is 5.57. The molecule has 2 nitrogen and oxygen atoms in total. The lowest BCUT2D eigenvalue weighted by Gasteiger charge is -2.06. The van der Waals surface area contributed by atoms with Crippen LogP contribution in [-0.4, -0.2) is 12.1 Å². The van der Waals surface area contributed by atoms with Crippen LogP contribution < -0.4 is 4.74 Å². The lowest BCUT2D eigenvalue weighted by atomic mass is 10.1. The zero-order valence-electron chi connectivity index (χ0n) is 11.3. The molecule has 0 radical (unpaired) electrons. The molecule has 0 atom stereocenters. The first-order chi connectivity index (χ1) is 9.86. The van der Waals surface area contributed by atoms with E-state index >= 15 is 0 Å². The fraction of sp³-hybridized carbons (Fsp3) is 0.0556. The van der Waals surface area contributed by atoms with E-state index in [0.717, 1.165) is 27.9 Å². The Morgan fingerprint density at radius 2 is 1.65 bits per heavy atom. The fourth-order valence-electron chi connectivity index (χ4n) is 2.16. The van der Waals surface area contributed by atoms with Crippen molar-refractivity contribution < 1.29 is 4.74 Å². The van der Waals surface area contributed by atoms with Gasteiger partial charge in [0.15, 0.2) is 0 Å². The predicted molar refractivity (Wildman–Crippen MR) is 83.7 cm³/mol. The summed E-state index contributed by atoms with van der Waals surface area (Å²) in [7, 11) is 1.69. The fourth-order valence-corrected chi connectivity index (χ4v) is 2.16. The maximum Gasteiger partial charge on any atom is 0.130 e. The Labute approximate surface area is 118 Å². The largest absolute Gasteiger partial charge is 0.496 e. The molecule has 0 unspecified atom stereocenters. The summed E-state index contributed by atoms with van der Waals surface area (Å²) in [5, 5.41) is 1.03. The number of nitrogens with zero attached hydrogens (tertiary/aromatic N) is 1. The Morgan fingerprint density at radius 1 is 0.900 bits per heavy atom. The van der Waals surface area contributed by atoms with Crippen LogP contribution in [0.1, 0.15) is 11.3 Å². The molecule has 0 saturated heterocycles. The number of rotatable bonds is 3. The van der Waals surface area contributed by atoms with Gasteiger partial charge in [0, 0.05) is 11.5 Å². The number of ether oxygens (including phenoxy) is 1. The SMILES string of the molecule is COc1cc(C=Cc2ccccc2)nc2ccccc12. The van der Waals surface area contributed by atoms with Crippen molar-refractivity contribution in [2.45, 2.75) is 0 Å². The van der Waals surface area contributed by atoms with Crippen molar-refractivity contribution in [1.82, 2.24) is 4.98 Å². The highest BCUT2D eigenvalue weighted by Gasteiger charge is 2.03. The lowest BCUT2D eigenvalue weighted by Crippen LogP contribution is -1.90. The average molecular weight is 261 g/mol. The summed E-state index contributed by atoms with van der Waals surface area (Å²) in [6.45, 7) is 0. The van der Waals surface area contributed by atoms with E-state index in [2.05, 4.69) is 23.2 Å². The summed E-state index contributed by atoms with van der Waals surface area (Å²) in [5.74, 6) is 0.850. The number of aromatic nitrogens is 1. The highest BCUT2D eigenvalue weighted by atomic mass is 16.5. The van der Waals surface area contributed by atoms with Gasteiger partial charge in [-0.1, -0.05) is 48.5 Å². The number of pyridine rings is 1. The van der Waals surface area contributed by atoms with Gasteiger partial charge in [-0.3, -0.25) is 0 Å². The first-order valence-electron chi connectivity index (χ1n) is 6.54. The third kappa shape index (κ3) is 2.54. The summed E-state index contributed by atoms with van der Waals surface area (Å²) >= 11 is 0. The van der Waals surface area contributed by atoms with Crippen molar-refractivity contribution in [2.24, 2.45) is 0 Å². The number of benzene rings is 2. The standard InChI is InChI=1S/C18H15NO/c1-20-18-13-15(12-11-14-7-3-2-4-8-14)19-17-10-6-5-9-16(17)18/h2-13H,1H3. The maximum atomic E-state index is 5.45. The summed E-state index contributed by atoms with van der Waals surface area (Å²) in [4.78, 5) is 4.63. The van der Waals surface area contributed by atoms with Crippen molar-refractivity contribution in [3.63, 3.8) is 0 Å². The van der Waals surface area contributed by atoms with E-state index in [-0.39, 0.29) is 0 Å². The van der Waals surface area contributed by atoms with Gasteiger partial charge in [0.25, 0.3) is 0 Å². The summed E-state index contributed by atoms with van der Waals surface area (Å²) in [5.41, 5.74) is 2.99. The zero-order chi connectivity index (χ0) is 13.8. The third-order valence-electron chi connectivity index (χ3n) is 3.16. The highest BCUT2D eigenvalue weighted by Crippen LogP contribution is 2.25. The topological polar surface area (TPSA) is 22.1 Å². The van der Waals surface area contributed by atoms with Crippen LogP contribution in [0.3, 0.4) is 0 Å². The molecular weight excluding hydrogens is 246 g/mol. The van der Waals surface area contributed by atoms with Crippen LogP contribution in [-0.2, 0) is 0 Å². The summed E-state index contributed by atoms with van der Waals surface area (Å²) in [6, 6.07) is 20.1. The molecule has 0 fully saturated rings. The normalized spacial score (nSPS) is 11.1. The molecule has 2 aromatic carbocycles. The Bertz CT molecular complexity index is 748. The van der Waals surface area contributed by atoms with Crippen LogP contribution >= 0.6 is 0 Å². The molecule has 3 aromatic rings. The molecule has 20 heavy (non-hydrogen) atoms. The minimum Gasteiger partial charge on any atom is -0.496 e. The van der Waals surface area contributed by atoms with Gasteiger partial charge in [-0.05, 0) is 23.8 Å². The minimum atomic E-state index is 0.850. The van der Waals surface area contributed by atoms with Crippen molar-refractivity contribution in [3.8, 4) is 5.75 Å². The number of hydrogen-bond donors (Lipinski definition) is 0. The van der Waals surface area contributed by atoms with Gasteiger partial charge in [-0.15, -0.1) is 0 Å². The van der Waals surface area contributed by atoms with Crippen molar-refractivity contribution in [2.75, 3.05) is 7.11 Å². The van der Waals surface area contributed by atoms with Gasteiger partial charge in [0.05, 0.1) is 18.3 Å². The number of hydrogen-bond acceptors (Lipinski definition) is 2. The minimum absolute atomic E-state index is 0.850. The molecule has 3 rings (SSSR count). The van der Waals surface area contributed by atoms with E-state index in [1.54, 1.807) is 7.11 Å². The van der Waals surface area contributed by atoms with Crippen LogP contribution in [0.2, 0.25) is 0 Å². The molecule has 0 aliphatic rings. The molecule has 0 spiro atoms. The van der Waals surface area contributed by atoms with E-state index in [0.29, 0.717) is 0 Å². The Kier molecular flexibility index (Phi) is 3.46. The summed E-state index contributed by atoms with van der Waals surface area (Å²) in [6.07, 6.45) is 4.06. The monoisotopic (exact) mass is 261 g/mol. The predicted octanol–water partition coefficient (Wildman–Crippen LogP) is 4.41. The van der Waals surface area contributed by atoms with E-state index in [1.165, 1.54) is 0 Å². The molecule has 0 aliphatic carbocycles. The van der Waals surface area contributed by atoms with Gasteiger partial charge in [0.2, 0.25) is 0 Å². The van der Waals surface area contributed by atoms with E-state index < -0.39 is 0 Å². The number of para-hydroxylation sites is 1. The molecule has 0 N–H and O–H groups in total. The van der Waals surface area contributed by atoms with E-state index in [4.69, 9.17) is 4.74 Å². The third-order valence-corrected chi connectivity index (χ3v) is 3.16. The Morgan fingerprint density at radius 3 is 2.45 bits per heavy atom. The highest BCUT2D eigenvalue weighted by molar-refractivity contribution is 5.87. The quantitative estimate of drug-likeness (QED) is 0.696. The lowest BCUT2D eigenvalue weighted by molar-refractivity contribution is 0.419. The van der Waals surface area contributed by atoms with Crippen LogP contribution in [0.4, 0.5) is 0 Å². The second-order valence-corrected chi connectivity index (χ2v) is 4.51. The molecule has 2 heteroatoms. The first-order valence-corrected chi connectivity index (χ1v) is 6.54. The molecule has 0 saturated carbocycles. The zero-order valence-corrected chi connectivity index (χ0v) is 11.3. The van der Waals surface area contributed by atoms with Gasteiger partial charge in [-0.2, -0.15) is 0 Å². The van der Waals surface area contributed by atoms with Crippen molar-refractivity contribution >= 4 is 23.1 Å². The van der Waals surface area contributed by atoms with Crippen LogP contribution in [0.15, 0.2) is 60.7 Å². The molecule has 0 aliphatic heterocycles. The molecule has 1 aromatic heterocycles. The average Bonchev–Trinajstić information content (AvgIpc) is 2.53. The molecular formula is C18H15NO. The van der Waals surface area contributed by atoms with Gasteiger partial charge in [0.1, 0.15) is 5.75 Å².